The van der Waals surface area contributed by atoms with Gasteiger partial charge in [-0.15, -0.1) is 0 Å². The zero-order valence-electron chi connectivity index (χ0n) is 13.0. The lowest BCUT2D eigenvalue weighted by atomic mass is 9.80. The van der Waals surface area contributed by atoms with Crippen LogP contribution in [0.2, 0.25) is 0 Å². The van der Waals surface area contributed by atoms with Gasteiger partial charge in [-0.1, -0.05) is 47.5 Å². The lowest BCUT2D eigenvalue weighted by Gasteiger charge is -2.48. The van der Waals surface area contributed by atoms with Crippen LogP contribution in [-0.2, 0) is 0 Å². The number of likely N-dealkylation sites (N-methyl/N-ethyl adjacent to an activating group) is 2. The van der Waals surface area contributed by atoms with Gasteiger partial charge < -0.3 is 5.32 Å². The van der Waals surface area contributed by atoms with Crippen LogP contribution in [0.1, 0.15) is 66.7 Å². The van der Waals surface area contributed by atoms with Crippen LogP contribution in [0.5, 0.6) is 0 Å². The molecule has 0 bridgehead atoms. The lowest BCUT2D eigenvalue weighted by Crippen LogP contribution is -2.60. The summed E-state index contributed by atoms with van der Waals surface area (Å²) in [5, 5.41) is 3.59. The van der Waals surface area contributed by atoms with Crippen molar-refractivity contribution in [2.24, 2.45) is 0 Å². The Morgan fingerprint density at radius 2 is 1.53 bits per heavy atom. The Morgan fingerprint density at radius 3 is 1.82 bits per heavy atom. The summed E-state index contributed by atoms with van der Waals surface area (Å²) in [4.78, 5) is 2.66. The predicted octanol–water partition coefficient (Wildman–Crippen LogP) is 3.67. The van der Waals surface area contributed by atoms with Crippen LogP contribution in [0.25, 0.3) is 0 Å². The molecule has 0 aromatic heterocycles. The minimum Gasteiger partial charge on any atom is -0.315 e. The molecule has 0 aliphatic heterocycles. The summed E-state index contributed by atoms with van der Waals surface area (Å²) in [6.45, 7) is 13.9. The first kappa shape index (κ1) is 16.9. The molecule has 0 spiro atoms. The van der Waals surface area contributed by atoms with Crippen molar-refractivity contribution in [1.29, 1.82) is 0 Å². The van der Waals surface area contributed by atoms with Crippen molar-refractivity contribution >= 4 is 0 Å². The maximum absolute atomic E-state index is 3.59. The van der Waals surface area contributed by atoms with Crippen molar-refractivity contribution in [3.63, 3.8) is 0 Å². The number of hydrogen-bond donors (Lipinski definition) is 1. The average molecular weight is 242 g/mol. The van der Waals surface area contributed by atoms with E-state index in [9.17, 15) is 0 Å². The van der Waals surface area contributed by atoms with E-state index in [4.69, 9.17) is 0 Å². The summed E-state index contributed by atoms with van der Waals surface area (Å²) in [6.07, 6.45) is 6.39. The van der Waals surface area contributed by atoms with E-state index < -0.39 is 0 Å². The standard InChI is InChI=1S/C15H34N2/c1-7-12-13-14(16-6)15(8-2,9-3)17(10-4)11-5/h14,16H,7-13H2,1-6H3. The molecule has 0 heterocycles. The van der Waals surface area contributed by atoms with Gasteiger partial charge >= 0.3 is 0 Å². The third-order valence-corrected chi connectivity index (χ3v) is 4.46. The first-order valence-corrected chi connectivity index (χ1v) is 7.58. The maximum atomic E-state index is 3.59. The number of nitrogens with one attached hydrogen (secondary N) is 1. The summed E-state index contributed by atoms with van der Waals surface area (Å²) >= 11 is 0. The zero-order chi connectivity index (χ0) is 13.3. The van der Waals surface area contributed by atoms with Gasteiger partial charge in [-0.2, -0.15) is 0 Å². The molecule has 17 heavy (non-hydrogen) atoms. The van der Waals surface area contributed by atoms with Crippen molar-refractivity contribution in [2.75, 3.05) is 20.1 Å². The maximum Gasteiger partial charge on any atom is 0.0356 e. The summed E-state index contributed by atoms with van der Waals surface area (Å²) in [6, 6.07) is 0.623. The van der Waals surface area contributed by atoms with Gasteiger partial charge in [0.1, 0.15) is 0 Å². The predicted molar refractivity (Wildman–Crippen MR) is 78.6 cm³/mol. The molecular weight excluding hydrogens is 208 g/mol. The highest BCUT2D eigenvalue weighted by molar-refractivity contribution is 4.97. The van der Waals surface area contributed by atoms with E-state index in [2.05, 4.69) is 51.9 Å². The summed E-state index contributed by atoms with van der Waals surface area (Å²) in [7, 11) is 2.13. The smallest absolute Gasteiger partial charge is 0.0356 e. The average Bonchev–Trinajstić information content (AvgIpc) is 2.38. The Balaban J connectivity index is 4.97. The van der Waals surface area contributed by atoms with Crippen molar-refractivity contribution < 1.29 is 0 Å². The summed E-state index contributed by atoms with van der Waals surface area (Å²) in [5.74, 6) is 0. The minimum absolute atomic E-state index is 0.341. The molecular formula is C15H34N2. The Labute approximate surface area is 109 Å². The van der Waals surface area contributed by atoms with Crippen molar-refractivity contribution in [1.82, 2.24) is 10.2 Å². The summed E-state index contributed by atoms with van der Waals surface area (Å²) in [5.41, 5.74) is 0.341. The molecule has 0 fully saturated rings. The van der Waals surface area contributed by atoms with Gasteiger partial charge in [0.25, 0.3) is 0 Å². The van der Waals surface area contributed by atoms with Crippen LogP contribution in [0, 0.1) is 0 Å². The van der Waals surface area contributed by atoms with Crippen LogP contribution in [0.4, 0.5) is 0 Å². The van der Waals surface area contributed by atoms with Gasteiger partial charge in [0, 0.05) is 11.6 Å². The molecule has 0 saturated heterocycles. The first-order chi connectivity index (χ1) is 8.16. The fourth-order valence-electron chi connectivity index (χ4n) is 3.35. The topological polar surface area (TPSA) is 15.3 Å². The molecule has 0 rings (SSSR count). The molecule has 2 nitrogen and oxygen atoms in total. The third-order valence-electron chi connectivity index (χ3n) is 4.46. The third kappa shape index (κ3) is 3.96. The molecule has 0 aromatic rings. The van der Waals surface area contributed by atoms with Gasteiger partial charge in [-0.3, -0.25) is 4.90 Å². The molecule has 0 aliphatic carbocycles. The van der Waals surface area contributed by atoms with Crippen molar-refractivity contribution in [3.05, 3.63) is 0 Å². The Morgan fingerprint density at radius 1 is 1.00 bits per heavy atom. The normalized spacial score (nSPS) is 14.3. The molecule has 0 aliphatic rings. The van der Waals surface area contributed by atoms with E-state index in [0.29, 0.717) is 11.6 Å². The number of hydrogen-bond acceptors (Lipinski definition) is 2. The molecule has 1 N–H and O–H groups in total. The van der Waals surface area contributed by atoms with Crippen LogP contribution in [-0.4, -0.2) is 36.6 Å². The van der Waals surface area contributed by atoms with Gasteiger partial charge in [0.15, 0.2) is 0 Å². The highest BCUT2D eigenvalue weighted by atomic mass is 15.2. The fourth-order valence-corrected chi connectivity index (χ4v) is 3.35. The van der Waals surface area contributed by atoms with Crippen molar-refractivity contribution in [3.8, 4) is 0 Å². The number of rotatable bonds is 10. The molecule has 0 radical (unpaired) electrons. The largest absolute Gasteiger partial charge is 0.315 e. The summed E-state index contributed by atoms with van der Waals surface area (Å²) < 4.78 is 0. The van der Waals surface area contributed by atoms with E-state index in [-0.39, 0.29) is 0 Å². The van der Waals surface area contributed by atoms with Gasteiger partial charge in [0.2, 0.25) is 0 Å². The van der Waals surface area contributed by atoms with Crippen LogP contribution in [0.15, 0.2) is 0 Å². The molecule has 2 heteroatoms. The molecule has 104 valence electrons. The first-order valence-electron chi connectivity index (χ1n) is 7.58. The van der Waals surface area contributed by atoms with Crippen molar-refractivity contribution in [2.45, 2.75) is 78.3 Å². The second kappa shape index (κ2) is 8.93. The van der Waals surface area contributed by atoms with Crippen LogP contribution >= 0.6 is 0 Å². The molecule has 1 unspecified atom stereocenters. The van der Waals surface area contributed by atoms with Gasteiger partial charge in [0.05, 0.1) is 0 Å². The Kier molecular flexibility index (Phi) is 8.89. The van der Waals surface area contributed by atoms with E-state index >= 15 is 0 Å². The van der Waals surface area contributed by atoms with Crippen LogP contribution < -0.4 is 5.32 Å². The quantitative estimate of drug-likeness (QED) is 0.629. The van der Waals surface area contributed by atoms with E-state index in [1.807, 2.05) is 0 Å². The molecule has 0 saturated carbocycles. The van der Waals surface area contributed by atoms with E-state index in [1.54, 1.807) is 0 Å². The highest BCUT2D eigenvalue weighted by Crippen LogP contribution is 2.30. The Bertz CT molecular complexity index is 172. The Hall–Kier alpha value is -0.0800. The van der Waals surface area contributed by atoms with E-state index in [1.165, 1.54) is 32.1 Å². The highest BCUT2D eigenvalue weighted by Gasteiger charge is 2.38. The molecule has 0 aromatic carbocycles. The second-order valence-electron chi connectivity index (χ2n) is 4.97. The molecule has 1 atom stereocenters. The number of nitrogens with zero attached hydrogens (tertiary/aromatic N) is 1. The zero-order valence-corrected chi connectivity index (χ0v) is 13.0. The van der Waals surface area contributed by atoms with Gasteiger partial charge in [-0.05, 0) is 39.4 Å². The van der Waals surface area contributed by atoms with E-state index in [0.717, 1.165) is 13.1 Å². The van der Waals surface area contributed by atoms with Gasteiger partial charge in [-0.25, -0.2) is 0 Å². The monoisotopic (exact) mass is 242 g/mol. The second-order valence-corrected chi connectivity index (χ2v) is 4.97. The number of unbranched alkanes of at least 4 members (excludes halogenated alkanes) is 1. The molecule has 0 amide bonds. The minimum atomic E-state index is 0.341. The lowest BCUT2D eigenvalue weighted by molar-refractivity contribution is 0.0481. The fraction of sp³-hybridized carbons (Fsp3) is 1.00. The SMILES string of the molecule is CCCCC(NC)C(CC)(CC)N(CC)CC. The van der Waals surface area contributed by atoms with Crippen LogP contribution in [0.3, 0.4) is 0 Å².